The zero-order valence-corrected chi connectivity index (χ0v) is 14.8. The molecule has 0 unspecified atom stereocenters. The first-order valence-electron chi connectivity index (χ1n) is 8.14. The van der Waals surface area contributed by atoms with Crippen LogP contribution < -0.4 is 24.8 Å². The zero-order valence-electron chi connectivity index (χ0n) is 14.8. The average molecular weight is 344 g/mol. The number of hydrogen-bond donors (Lipinski definition) is 2. The molecule has 2 rings (SSSR count). The lowest BCUT2D eigenvalue weighted by Crippen LogP contribution is -2.30. The predicted octanol–water partition coefficient (Wildman–Crippen LogP) is 3.47. The summed E-state index contributed by atoms with van der Waals surface area (Å²) in [5, 5.41) is 5.60. The highest BCUT2D eigenvalue weighted by atomic mass is 16.5. The van der Waals surface area contributed by atoms with E-state index in [0.717, 1.165) is 17.7 Å². The van der Waals surface area contributed by atoms with E-state index in [9.17, 15) is 4.79 Å². The minimum absolute atomic E-state index is 0.277. The minimum Gasteiger partial charge on any atom is -0.497 e. The molecular formula is C19H24N2O4. The lowest BCUT2D eigenvalue weighted by Gasteiger charge is -2.11. The molecule has 2 N–H and O–H groups in total. The van der Waals surface area contributed by atoms with Crippen molar-refractivity contribution in [3.05, 3.63) is 48.0 Å². The van der Waals surface area contributed by atoms with Crippen LogP contribution in [0.4, 0.5) is 10.5 Å². The van der Waals surface area contributed by atoms with E-state index < -0.39 is 0 Å². The van der Waals surface area contributed by atoms with Crippen molar-refractivity contribution in [1.29, 1.82) is 0 Å². The van der Waals surface area contributed by atoms with Crippen molar-refractivity contribution in [3.8, 4) is 17.2 Å². The van der Waals surface area contributed by atoms with Gasteiger partial charge in [-0.25, -0.2) is 4.79 Å². The standard InChI is InChI=1S/C19H24N2O4/c1-4-25-16-7-5-14(6-8-16)9-10-20-19(22)21-15-11-17(23-2)13-18(12-15)24-3/h5-8,11-13H,4,9-10H2,1-3H3,(H2,20,21,22). The van der Waals surface area contributed by atoms with Crippen molar-refractivity contribution >= 4 is 11.7 Å². The Bertz CT molecular complexity index is 664. The second-order valence-corrected chi connectivity index (χ2v) is 5.31. The average Bonchev–Trinajstić information content (AvgIpc) is 2.63. The fraction of sp³-hybridized carbons (Fsp3) is 0.316. The van der Waals surface area contributed by atoms with E-state index in [2.05, 4.69) is 10.6 Å². The highest BCUT2D eigenvalue weighted by Crippen LogP contribution is 2.25. The molecule has 2 aromatic rings. The molecule has 0 saturated carbocycles. The van der Waals surface area contributed by atoms with Gasteiger partial charge >= 0.3 is 6.03 Å². The van der Waals surface area contributed by atoms with Gasteiger partial charge < -0.3 is 24.8 Å². The Morgan fingerprint density at radius 3 is 2.16 bits per heavy atom. The quantitative estimate of drug-likeness (QED) is 0.769. The molecule has 6 heteroatoms. The third kappa shape index (κ3) is 5.91. The molecule has 0 aromatic heterocycles. The monoisotopic (exact) mass is 344 g/mol. The molecule has 0 heterocycles. The third-order valence-corrected chi connectivity index (χ3v) is 3.54. The van der Waals surface area contributed by atoms with E-state index in [1.807, 2.05) is 31.2 Å². The van der Waals surface area contributed by atoms with Gasteiger partial charge in [-0.1, -0.05) is 12.1 Å². The van der Waals surface area contributed by atoms with Gasteiger partial charge in [0.2, 0.25) is 0 Å². The number of urea groups is 1. The van der Waals surface area contributed by atoms with E-state index in [1.165, 1.54) is 0 Å². The first kappa shape index (κ1) is 18.4. The Morgan fingerprint density at radius 2 is 1.60 bits per heavy atom. The molecule has 2 aromatic carbocycles. The van der Waals surface area contributed by atoms with Crippen LogP contribution in [-0.4, -0.2) is 33.4 Å². The number of amides is 2. The maximum Gasteiger partial charge on any atom is 0.319 e. The van der Waals surface area contributed by atoms with Crippen molar-refractivity contribution < 1.29 is 19.0 Å². The van der Waals surface area contributed by atoms with Gasteiger partial charge in [-0.2, -0.15) is 0 Å². The second kappa shape index (κ2) is 9.42. The van der Waals surface area contributed by atoms with Crippen LogP contribution in [0.2, 0.25) is 0 Å². The van der Waals surface area contributed by atoms with Gasteiger partial charge in [0.05, 0.1) is 20.8 Å². The molecule has 0 bridgehead atoms. The largest absolute Gasteiger partial charge is 0.497 e. The summed E-state index contributed by atoms with van der Waals surface area (Å²) in [6.45, 7) is 3.13. The van der Waals surface area contributed by atoms with E-state index >= 15 is 0 Å². The number of anilines is 1. The van der Waals surface area contributed by atoms with Crippen LogP contribution in [0.5, 0.6) is 17.2 Å². The number of methoxy groups -OCH3 is 2. The van der Waals surface area contributed by atoms with Crippen molar-refractivity contribution in [2.24, 2.45) is 0 Å². The molecule has 25 heavy (non-hydrogen) atoms. The Morgan fingerprint density at radius 1 is 0.960 bits per heavy atom. The fourth-order valence-corrected chi connectivity index (χ4v) is 2.29. The Labute approximate surface area is 148 Å². The number of ether oxygens (including phenoxy) is 3. The Hall–Kier alpha value is -2.89. The molecule has 2 amide bonds. The van der Waals surface area contributed by atoms with E-state index in [0.29, 0.717) is 30.3 Å². The first-order chi connectivity index (χ1) is 12.1. The SMILES string of the molecule is CCOc1ccc(CCNC(=O)Nc2cc(OC)cc(OC)c2)cc1. The normalized spacial score (nSPS) is 10.0. The van der Waals surface area contributed by atoms with Gasteiger partial charge in [0.25, 0.3) is 0 Å². The first-order valence-corrected chi connectivity index (χ1v) is 8.14. The van der Waals surface area contributed by atoms with E-state index in [-0.39, 0.29) is 6.03 Å². The van der Waals surface area contributed by atoms with Gasteiger partial charge in [-0.15, -0.1) is 0 Å². The molecule has 0 saturated heterocycles. The molecule has 0 spiro atoms. The molecule has 0 atom stereocenters. The van der Waals surface area contributed by atoms with Crippen molar-refractivity contribution in [1.82, 2.24) is 5.32 Å². The van der Waals surface area contributed by atoms with Gasteiger partial charge in [0, 0.05) is 30.4 Å². The maximum absolute atomic E-state index is 12.0. The van der Waals surface area contributed by atoms with Crippen molar-refractivity contribution in [3.63, 3.8) is 0 Å². The van der Waals surface area contributed by atoms with Gasteiger partial charge in [-0.05, 0) is 31.0 Å². The van der Waals surface area contributed by atoms with Crippen molar-refractivity contribution in [2.75, 3.05) is 32.7 Å². The Balaban J connectivity index is 1.82. The number of benzene rings is 2. The number of nitrogens with one attached hydrogen (secondary N) is 2. The van der Waals surface area contributed by atoms with E-state index in [1.54, 1.807) is 32.4 Å². The summed E-state index contributed by atoms with van der Waals surface area (Å²) in [5.41, 5.74) is 1.74. The maximum atomic E-state index is 12.0. The van der Waals surface area contributed by atoms with Crippen LogP contribution in [-0.2, 0) is 6.42 Å². The van der Waals surface area contributed by atoms with Crippen LogP contribution in [0.15, 0.2) is 42.5 Å². The number of rotatable bonds is 8. The van der Waals surface area contributed by atoms with Crippen LogP contribution in [0.3, 0.4) is 0 Å². The Kier molecular flexibility index (Phi) is 6.95. The predicted molar refractivity (Wildman–Crippen MR) is 97.9 cm³/mol. The highest BCUT2D eigenvalue weighted by molar-refractivity contribution is 5.89. The smallest absolute Gasteiger partial charge is 0.319 e. The number of hydrogen-bond acceptors (Lipinski definition) is 4. The molecule has 0 aliphatic carbocycles. The van der Waals surface area contributed by atoms with Crippen LogP contribution >= 0.6 is 0 Å². The number of carbonyl (C=O) groups is 1. The molecule has 134 valence electrons. The lowest BCUT2D eigenvalue weighted by atomic mass is 10.1. The molecular weight excluding hydrogens is 320 g/mol. The summed E-state index contributed by atoms with van der Waals surface area (Å²) in [4.78, 5) is 12.0. The van der Waals surface area contributed by atoms with Crippen molar-refractivity contribution in [2.45, 2.75) is 13.3 Å². The van der Waals surface area contributed by atoms with Crippen LogP contribution in [0, 0.1) is 0 Å². The van der Waals surface area contributed by atoms with E-state index in [4.69, 9.17) is 14.2 Å². The summed E-state index contributed by atoms with van der Waals surface area (Å²) in [6, 6.07) is 12.8. The molecule has 0 radical (unpaired) electrons. The summed E-state index contributed by atoms with van der Waals surface area (Å²) >= 11 is 0. The topological polar surface area (TPSA) is 68.8 Å². The second-order valence-electron chi connectivity index (χ2n) is 5.31. The van der Waals surface area contributed by atoms with Gasteiger partial charge in [0.15, 0.2) is 0 Å². The lowest BCUT2D eigenvalue weighted by molar-refractivity contribution is 0.252. The molecule has 0 fully saturated rings. The fourth-order valence-electron chi connectivity index (χ4n) is 2.29. The third-order valence-electron chi connectivity index (χ3n) is 3.54. The summed E-state index contributed by atoms with van der Waals surface area (Å²) < 4.78 is 15.8. The molecule has 0 aliphatic heterocycles. The summed E-state index contributed by atoms with van der Waals surface area (Å²) in [5.74, 6) is 2.08. The molecule has 6 nitrogen and oxygen atoms in total. The molecule has 0 aliphatic rings. The van der Waals surface area contributed by atoms with Gasteiger partial charge in [-0.3, -0.25) is 0 Å². The van der Waals surface area contributed by atoms with Crippen LogP contribution in [0.25, 0.3) is 0 Å². The zero-order chi connectivity index (χ0) is 18.1. The number of carbonyl (C=O) groups excluding carboxylic acids is 1. The van der Waals surface area contributed by atoms with Crippen LogP contribution in [0.1, 0.15) is 12.5 Å². The summed E-state index contributed by atoms with van der Waals surface area (Å²) in [7, 11) is 3.13. The minimum atomic E-state index is -0.277. The summed E-state index contributed by atoms with van der Waals surface area (Å²) in [6.07, 6.45) is 0.737. The highest BCUT2D eigenvalue weighted by Gasteiger charge is 2.06. The van der Waals surface area contributed by atoms with Gasteiger partial charge in [0.1, 0.15) is 17.2 Å².